The van der Waals surface area contributed by atoms with E-state index < -0.39 is 0 Å². The molecule has 2 aromatic rings. The molecular weight excluding hydrogens is 342 g/mol. The minimum Gasteiger partial charge on any atom is -0.342 e. The standard InChI is InChI=1S/C21H29N3OS/c1-21(2,3)20(25)23(4)18-10-12-24(13-11-18)14-17-15-26-19(22-17)16-8-6-5-7-9-16/h5-9,15,18H,10-14H2,1-4H3. The lowest BCUT2D eigenvalue weighted by atomic mass is 9.92. The van der Waals surface area contributed by atoms with Crippen LogP contribution in [-0.4, -0.2) is 46.9 Å². The van der Waals surface area contributed by atoms with Crippen molar-refractivity contribution in [1.82, 2.24) is 14.8 Å². The zero-order valence-electron chi connectivity index (χ0n) is 16.2. The zero-order chi connectivity index (χ0) is 18.7. The third-order valence-corrected chi connectivity index (χ3v) is 5.97. The van der Waals surface area contributed by atoms with Gasteiger partial charge in [-0.2, -0.15) is 0 Å². The largest absolute Gasteiger partial charge is 0.342 e. The number of amides is 1. The number of piperidine rings is 1. The first-order valence-corrected chi connectivity index (χ1v) is 10.2. The third kappa shape index (κ3) is 4.51. The maximum absolute atomic E-state index is 12.5. The molecule has 1 fully saturated rings. The number of aromatic nitrogens is 1. The number of hydrogen-bond donors (Lipinski definition) is 0. The highest BCUT2D eigenvalue weighted by Gasteiger charge is 2.31. The Hall–Kier alpha value is -1.72. The molecule has 2 heterocycles. The van der Waals surface area contributed by atoms with Crippen molar-refractivity contribution in [3.8, 4) is 10.6 Å². The molecule has 1 aromatic heterocycles. The fourth-order valence-electron chi connectivity index (χ4n) is 3.48. The summed E-state index contributed by atoms with van der Waals surface area (Å²) in [5.74, 6) is 0.239. The SMILES string of the molecule is CN(C(=O)C(C)(C)C)C1CCN(Cc2csc(-c3ccccc3)n2)CC1. The number of thiazole rings is 1. The van der Waals surface area contributed by atoms with Gasteiger partial charge in [0.05, 0.1) is 5.69 Å². The summed E-state index contributed by atoms with van der Waals surface area (Å²) in [7, 11) is 1.96. The summed E-state index contributed by atoms with van der Waals surface area (Å²) < 4.78 is 0. The molecule has 140 valence electrons. The average molecular weight is 372 g/mol. The van der Waals surface area contributed by atoms with Gasteiger partial charge in [-0.25, -0.2) is 4.98 Å². The Balaban J connectivity index is 1.53. The van der Waals surface area contributed by atoms with E-state index in [9.17, 15) is 4.79 Å². The van der Waals surface area contributed by atoms with Gasteiger partial charge in [0.1, 0.15) is 5.01 Å². The fourth-order valence-corrected chi connectivity index (χ4v) is 4.30. The molecule has 0 radical (unpaired) electrons. The maximum Gasteiger partial charge on any atom is 0.227 e. The van der Waals surface area contributed by atoms with E-state index in [-0.39, 0.29) is 11.3 Å². The number of carbonyl (C=O) groups is 1. The molecule has 1 aliphatic rings. The van der Waals surface area contributed by atoms with Gasteiger partial charge in [0.2, 0.25) is 5.91 Å². The third-order valence-electron chi connectivity index (χ3n) is 5.02. The fraction of sp³-hybridized carbons (Fsp3) is 0.524. The van der Waals surface area contributed by atoms with Crippen LogP contribution in [0.5, 0.6) is 0 Å². The van der Waals surface area contributed by atoms with Crippen molar-refractivity contribution in [1.29, 1.82) is 0 Å². The number of rotatable bonds is 4. The molecule has 1 aromatic carbocycles. The summed E-state index contributed by atoms with van der Waals surface area (Å²) in [5.41, 5.74) is 2.02. The molecule has 1 aliphatic heterocycles. The van der Waals surface area contributed by atoms with Crippen molar-refractivity contribution >= 4 is 17.2 Å². The van der Waals surface area contributed by atoms with E-state index in [0.717, 1.165) is 43.2 Å². The Bertz CT molecular complexity index is 727. The summed E-state index contributed by atoms with van der Waals surface area (Å²) in [4.78, 5) is 21.7. The maximum atomic E-state index is 12.5. The van der Waals surface area contributed by atoms with Crippen molar-refractivity contribution in [3.05, 3.63) is 41.4 Å². The highest BCUT2D eigenvalue weighted by atomic mass is 32.1. The van der Waals surface area contributed by atoms with Crippen LogP contribution in [-0.2, 0) is 11.3 Å². The first-order chi connectivity index (χ1) is 12.3. The molecular formula is C21H29N3OS. The van der Waals surface area contributed by atoms with Crippen molar-refractivity contribution in [2.24, 2.45) is 5.41 Å². The van der Waals surface area contributed by atoms with Gasteiger partial charge in [-0.3, -0.25) is 9.69 Å². The topological polar surface area (TPSA) is 36.4 Å². The number of likely N-dealkylation sites (tertiary alicyclic amines) is 1. The van der Waals surface area contributed by atoms with Crippen molar-refractivity contribution in [2.75, 3.05) is 20.1 Å². The number of nitrogens with zero attached hydrogens (tertiary/aromatic N) is 3. The van der Waals surface area contributed by atoms with Crippen LogP contribution in [0.4, 0.5) is 0 Å². The van der Waals surface area contributed by atoms with Gasteiger partial charge < -0.3 is 4.90 Å². The summed E-state index contributed by atoms with van der Waals surface area (Å²) in [6.45, 7) is 8.91. The molecule has 0 N–H and O–H groups in total. The van der Waals surface area contributed by atoms with E-state index in [1.165, 1.54) is 5.56 Å². The van der Waals surface area contributed by atoms with Gasteiger partial charge in [0.15, 0.2) is 0 Å². The van der Waals surface area contributed by atoms with Gasteiger partial charge >= 0.3 is 0 Å². The molecule has 3 rings (SSSR count). The molecule has 0 spiro atoms. The predicted octanol–water partition coefficient (Wildman–Crippen LogP) is 4.28. The van der Waals surface area contributed by atoms with Crippen LogP contribution in [0.3, 0.4) is 0 Å². The number of hydrogen-bond acceptors (Lipinski definition) is 4. The Morgan fingerprint density at radius 2 is 1.88 bits per heavy atom. The van der Waals surface area contributed by atoms with Gasteiger partial charge in [-0.05, 0) is 12.8 Å². The first kappa shape index (κ1) is 19.1. The molecule has 26 heavy (non-hydrogen) atoms. The smallest absolute Gasteiger partial charge is 0.227 e. The van der Waals surface area contributed by atoms with Crippen molar-refractivity contribution < 1.29 is 4.79 Å². The highest BCUT2D eigenvalue weighted by molar-refractivity contribution is 7.13. The summed E-state index contributed by atoms with van der Waals surface area (Å²) in [6, 6.07) is 10.7. The lowest BCUT2D eigenvalue weighted by Crippen LogP contribution is -2.48. The van der Waals surface area contributed by atoms with Crippen LogP contribution in [0.15, 0.2) is 35.7 Å². The Kier molecular flexibility index (Phi) is 5.78. The molecule has 1 amide bonds. The molecule has 1 saturated heterocycles. The zero-order valence-corrected chi connectivity index (χ0v) is 17.1. The van der Waals surface area contributed by atoms with Crippen LogP contribution in [0, 0.1) is 5.41 Å². The van der Waals surface area contributed by atoms with E-state index in [4.69, 9.17) is 4.98 Å². The summed E-state index contributed by atoms with van der Waals surface area (Å²) in [5, 5.41) is 3.26. The van der Waals surface area contributed by atoms with E-state index in [1.807, 2.05) is 38.8 Å². The van der Waals surface area contributed by atoms with E-state index in [1.54, 1.807) is 11.3 Å². The predicted molar refractivity (Wildman–Crippen MR) is 108 cm³/mol. The second-order valence-corrected chi connectivity index (χ2v) is 9.04. The molecule has 0 bridgehead atoms. The second kappa shape index (κ2) is 7.89. The van der Waals surface area contributed by atoms with E-state index >= 15 is 0 Å². The van der Waals surface area contributed by atoms with E-state index in [0.29, 0.717) is 6.04 Å². The lowest BCUT2D eigenvalue weighted by Gasteiger charge is -2.38. The highest BCUT2D eigenvalue weighted by Crippen LogP contribution is 2.26. The quantitative estimate of drug-likeness (QED) is 0.805. The molecule has 4 nitrogen and oxygen atoms in total. The van der Waals surface area contributed by atoms with Crippen LogP contribution < -0.4 is 0 Å². The van der Waals surface area contributed by atoms with Gasteiger partial charge in [-0.1, -0.05) is 51.1 Å². The molecule has 0 atom stereocenters. The minimum atomic E-state index is -0.305. The Morgan fingerprint density at radius 3 is 2.50 bits per heavy atom. The molecule has 0 aliphatic carbocycles. The summed E-state index contributed by atoms with van der Waals surface area (Å²) >= 11 is 1.71. The lowest BCUT2D eigenvalue weighted by molar-refractivity contribution is -0.141. The minimum absolute atomic E-state index is 0.239. The van der Waals surface area contributed by atoms with Crippen LogP contribution in [0.25, 0.3) is 10.6 Å². The molecule has 5 heteroatoms. The van der Waals surface area contributed by atoms with Gasteiger partial charge in [0.25, 0.3) is 0 Å². The average Bonchev–Trinajstić information content (AvgIpc) is 3.09. The first-order valence-electron chi connectivity index (χ1n) is 9.34. The molecule has 0 unspecified atom stereocenters. The van der Waals surface area contributed by atoms with Gasteiger partial charge in [-0.15, -0.1) is 11.3 Å². The van der Waals surface area contributed by atoms with Crippen molar-refractivity contribution in [3.63, 3.8) is 0 Å². The van der Waals surface area contributed by atoms with Crippen molar-refractivity contribution in [2.45, 2.75) is 46.2 Å². The number of benzene rings is 1. The Labute approximate surface area is 160 Å². The van der Waals surface area contributed by atoms with Crippen LogP contribution in [0.1, 0.15) is 39.3 Å². The van der Waals surface area contributed by atoms with Crippen LogP contribution >= 0.6 is 11.3 Å². The summed E-state index contributed by atoms with van der Waals surface area (Å²) in [6.07, 6.45) is 2.07. The number of carbonyl (C=O) groups excluding carboxylic acids is 1. The van der Waals surface area contributed by atoms with Crippen LogP contribution in [0.2, 0.25) is 0 Å². The monoisotopic (exact) mass is 371 g/mol. The Morgan fingerprint density at radius 1 is 1.23 bits per heavy atom. The molecule has 0 saturated carbocycles. The second-order valence-electron chi connectivity index (χ2n) is 8.18. The normalized spacial score (nSPS) is 16.6. The van der Waals surface area contributed by atoms with E-state index in [2.05, 4.69) is 34.5 Å². The van der Waals surface area contributed by atoms with Gasteiger partial charge in [0, 0.05) is 49.1 Å².